The summed E-state index contributed by atoms with van der Waals surface area (Å²) in [6.07, 6.45) is 3.90. The summed E-state index contributed by atoms with van der Waals surface area (Å²) in [7, 11) is 0. The smallest absolute Gasteiger partial charge is 0.342 e. The van der Waals surface area contributed by atoms with Gasteiger partial charge in [-0.1, -0.05) is 13.3 Å². The number of imidazole rings is 1. The lowest BCUT2D eigenvalue weighted by atomic mass is 10.1. The number of hydrogen-bond donors (Lipinski definition) is 1. The number of nitrogens with zero attached hydrogens (tertiary/aromatic N) is 3. The maximum absolute atomic E-state index is 12.3. The summed E-state index contributed by atoms with van der Waals surface area (Å²) in [5.41, 5.74) is 2.73. The van der Waals surface area contributed by atoms with Crippen LogP contribution in [-0.4, -0.2) is 33.7 Å². The van der Waals surface area contributed by atoms with E-state index < -0.39 is 0 Å². The highest BCUT2D eigenvalue weighted by molar-refractivity contribution is 6.05. The van der Waals surface area contributed by atoms with E-state index in [2.05, 4.69) is 22.2 Å². The number of fused-ring (bicyclic) bond motifs is 1. The number of pyridine rings is 1. The van der Waals surface area contributed by atoms with Crippen LogP contribution in [0.5, 0.6) is 0 Å². The van der Waals surface area contributed by atoms with E-state index in [4.69, 9.17) is 4.74 Å². The number of aryl methyl sites for hydroxylation is 2. The second kappa shape index (κ2) is 7.24. The molecule has 0 saturated heterocycles. The topological polar surface area (TPSA) is 69.0 Å². The molecule has 0 amide bonds. The van der Waals surface area contributed by atoms with Gasteiger partial charge in [-0.15, -0.1) is 0 Å². The number of carbonyl (C=O) groups excluding carboxylic acids is 1. The number of aromatic nitrogens is 3. The van der Waals surface area contributed by atoms with Gasteiger partial charge in [0.1, 0.15) is 11.1 Å². The minimum atomic E-state index is -0.334. The highest BCUT2D eigenvalue weighted by Crippen LogP contribution is 2.27. The molecule has 0 aliphatic rings. The molecule has 22 heavy (non-hydrogen) atoms. The molecule has 0 unspecified atom stereocenters. The third kappa shape index (κ3) is 3.05. The van der Waals surface area contributed by atoms with E-state index in [0.717, 1.165) is 42.8 Å². The minimum absolute atomic E-state index is 0.334. The van der Waals surface area contributed by atoms with Gasteiger partial charge in [0.05, 0.1) is 24.1 Å². The van der Waals surface area contributed by atoms with Crippen molar-refractivity contribution in [2.45, 2.75) is 47.1 Å². The Labute approximate surface area is 130 Å². The number of nitrogens with one attached hydrogen (secondary N) is 1. The zero-order chi connectivity index (χ0) is 16.1. The van der Waals surface area contributed by atoms with Crippen molar-refractivity contribution < 1.29 is 9.53 Å². The molecule has 0 fully saturated rings. The largest absolute Gasteiger partial charge is 0.462 e. The molecule has 2 rings (SSSR count). The van der Waals surface area contributed by atoms with Crippen LogP contribution in [0.1, 0.15) is 49.7 Å². The van der Waals surface area contributed by atoms with E-state index in [9.17, 15) is 4.79 Å². The van der Waals surface area contributed by atoms with Crippen molar-refractivity contribution in [2.24, 2.45) is 0 Å². The molecule has 1 N–H and O–H groups in total. The maximum atomic E-state index is 12.3. The molecule has 2 aromatic rings. The first-order valence-electron chi connectivity index (χ1n) is 7.90. The van der Waals surface area contributed by atoms with Gasteiger partial charge in [-0.3, -0.25) is 0 Å². The number of anilines is 1. The van der Waals surface area contributed by atoms with Crippen LogP contribution in [0, 0.1) is 6.92 Å². The molecule has 6 heteroatoms. The van der Waals surface area contributed by atoms with Crippen molar-refractivity contribution in [2.75, 3.05) is 18.5 Å². The van der Waals surface area contributed by atoms with E-state index in [0.29, 0.717) is 17.9 Å². The Morgan fingerprint density at radius 1 is 1.36 bits per heavy atom. The van der Waals surface area contributed by atoms with Crippen molar-refractivity contribution in [1.29, 1.82) is 0 Å². The number of unbranched alkanes of at least 4 members (excludes halogenated alkanes) is 1. The predicted octanol–water partition coefficient (Wildman–Crippen LogP) is 3.15. The Balaban J connectivity index is 2.65. The van der Waals surface area contributed by atoms with Crippen LogP contribution in [0.15, 0.2) is 6.33 Å². The Bertz CT molecular complexity index is 664. The first-order chi connectivity index (χ1) is 10.6. The zero-order valence-corrected chi connectivity index (χ0v) is 13.8. The summed E-state index contributed by atoms with van der Waals surface area (Å²) in [6, 6.07) is 0. The van der Waals surface area contributed by atoms with Gasteiger partial charge in [0.15, 0.2) is 5.82 Å². The molecule has 0 radical (unpaired) electrons. The van der Waals surface area contributed by atoms with Crippen LogP contribution in [0.2, 0.25) is 0 Å². The predicted molar refractivity (Wildman–Crippen MR) is 87.3 cm³/mol. The third-order valence-corrected chi connectivity index (χ3v) is 3.52. The molecule has 0 aliphatic carbocycles. The van der Waals surface area contributed by atoms with Crippen LogP contribution in [-0.2, 0) is 11.3 Å². The van der Waals surface area contributed by atoms with Crippen molar-refractivity contribution in [3.05, 3.63) is 17.6 Å². The van der Waals surface area contributed by atoms with Crippen LogP contribution in [0.4, 0.5) is 5.82 Å². The number of ether oxygens (including phenoxy) is 1. The standard InChI is InChI=1S/C16H24N4O2/c1-5-8-9-20-10-18-13-14(20)12(16(21)22-7-3)11(4)19-15(13)17-6-2/h10H,5-9H2,1-4H3,(H,17,19). The summed E-state index contributed by atoms with van der Waals surface area (Å²) < 4.78 is 7.23. The zero-order valence-electron chi connectivity index (χ0n) is 13.8. The lowest BCUT2D eigenvalue weighted by molar-refractivity contribution is 0.0527. The van der Waals surface area contributed by atoms with Crippen LogP contribution < -0.4 is 5.32 Å². The van der Waals surface area contributed by atoms with E-state index in [1.807, 2.05) is 18.4 Å². The van der Waals surface area contributed by atoms with E-state index in [-0.39, 0.29) is 5.97 Å². The lowest BCUT2D eigenvalue weighted by Gasteiger charge is -2.12. The summed E-state index contributed by atoms with van der Waals surface area (Å²) in [5, 5.41) is 3.22. The molecule has 0 atom stereocenters. The SMILES string of the molecule is CCCCn1cnc2c(NCC)nc(C)c(C(=O)OCC)c21. The van der Waals surface area contributed by atoms with Gasteiger partial charge in [0.2, 0.25) is 0 Å². The highest BCUT2D eigenvalue weighted by Gasteiger charge is 2.22. The van der Waals surface area contributed by atoms with Gasteiger partial charge in [-0.25, -0.2) is 14.8 Å². The van der Waals surface area contributed by atoms with E-state index >= 15 is 0 Å². The maximum Gasteiger partial charge on any atom is 0.342 e. The second-order valence-electron chi connectivity index (χ2n) is 5.16. The molecule has 0 spiro atoms. The first kappa shape index (κ1) is 16.3. The highest BCUT2D eigenvalue weighted by atomic mass is 16.5. The Hall–Kier alpha value is -2.11. The minimum Gasteiger partial charge on any atom is -0.462 e. The van der Waals surface area contributed by atoms with E-state index in [1.54, 1.807) is 13.3 Å². The van der Waals surface area contributed by atoms with E-state index in [1.165, 1.54) is 0 Å². The lowest BCUT2D eigenvalue weighted by Crippen LogP contribution is -2.13. The van der Waals surface area contributed by atoms with Crippen LogP contribution in [0.25, 0.3) is 11.0 Å². The molecule has 120 valence electrons. The van der Waals surface area contributed by atoms with Crippen LogP contribution in [0.3, 0.4) is 0 Å². The van der Waals surface area contributed by atoms with Gasteiger partial charge in [0.25, 0.3) is 0 Å². The monoisotopic (exact) mass is 304 g/mol. The number of carbonyl (C=O) groups is 1. The summed E-state index contributed by atoms with van der Waals surface area (Å²) >= 11 is 0. The molecule has 2 heterocycles. The Kier molecular flexibility index (Phi) is 5.35. The van der Waals surface area contributed by atoms with Crippen molar-refractivity contribution >= 4 is 22.8 Å². The molecular formula is C16H24N4O2. The number of hydrogen-bond acceptors (Lipinski definition) is 5. The van der Waals surface area contributed by atoms with Crippen molar-refractivity contribution in [1.82, 2.24) is 14.5 Å². The summed E-state index contributed by atoms with van der Waals surface area (Å²) in [4.78, 5) is 21.3. The van der Waals surface area contributed by atoms with Gasteiger partial charge >= 0.3 is 5.97 Å². The molecule has 0 aliphatic heterocycles. The van der Waals surface area contributed by atoms with Crippen molar-refractivity contribution in [3.8, 4) is 0 Å². The molecule has 2 aromatic heterocycles. The van der Waals surface area contributed by atoms with Gasteiger partial charge in [0, 0.05) is 13.1 Å². The molecular weight excluding hydrogens is 280 g/mol. The summed E-state index contributed by atoms with van der Waals surface area (Å²) in [6.45, 7) is 9.72. The molecule has 0 saturated carbocycles. The average molecular weight is 304 g/mol. The van der Waals surface area contributed by atoms with Gasteiger partial charge in [-0.05, 0) is 27.2 Å². The third-order valence-electron chi connectivity index (χ3n) is 3.52. The fourth-order valence-corrected chi connectivity index (χ4v) is 2.50. The summed E-state index contributed by atoms with van der Waals surface area (Å²) in [5.74, 6) is 0.386. The van der Waals surface area contributed by atoms with Crippen molar-refractivity contribution in [3.63, 3.8) is 0 Å². The molecule has 0 bridgehead atoms. The fraction of sp³-hybridized carbons (Fsp3) is 0.562. The molecule has 0 aromatic carbocycles. The quantitative estimate of drug-likeness (QED) is 0.796. The number of rotatable bonds is 7. The Morgan fingerprint density at radius 3 is 2.77 bits per heavy atom. The first-order valence-corrected chi connectivity index (χ1v) is 7.90. The van der Waals surface area contributed by atoms with Gasteiger partial charge < -0.3 is 14.6 Å². The Morgan fingerprint density at radius 2 is 2.14 bits per heavy atom. The van der Waals surface area contributed by atoms with Gasteiger partial charge in [-0.2, -0.15) is 0 Å². The molecule has 6 nitrogen and oxygen atoms in total. The average Bonchev–Trinajstić information content (AvgIpc) is 2.89. The normalized spacial score (nSPS) is 10.9. The number of esters is 1. The second-order valence-corrected chi connectivity index (χ2v) is 5.16. The van der Waals surface area contributed by atoms with Crippen LogP contribution >= 0.6 is 0 Å². The fourth-order valence-electron chi connectivity index (χ4n) is 2.50.